The van der Waals surface area contributed by atoms with Crippen molar-refractivity contribution in [2.45, 2.75) is 20.3 Å². The molecule has 0 aliphatic rings. The van der Waals surface area contributed by atoms with Crippen molar-refractivity contribution >= 4 is 11.9 Å². The number of carboxylic acids is 1. The van der Waals surface area contributed by atoms with E-state index in [0.29, 0.717) is 0 Å². The lowest BCUT2D eigenvalue weighted by Crippen LogP contribution is -2.39. The van der Waals surface area contributed by atoms with Gasteiger partial charge in [-0.1, -0.05) is 12.1 Å². The minimum Gasteiger partial charge on any atom is -0.481 e. The van der Waals surface area contributed by atoms with E-state index in [1.54, 1.807) is 0 Å². The highest BCUT2D eigenvalue weighted by Gasteiger charge is 2.27. The molecule has 0 fully saturated rings. The molecule has 104 valence electrons. The number of nitrogens with one attached hydrogen (secondary N) is 1. The summed E-state index contributed by atoms with van der Waals surface area (Å²) in [5.41, 5.74) is -1.18. The van der Waals surface area contributed by atoms with Crippen LogP contribution in [0.25, 0.3) is 0 Å². The summed E-state index contributed by atoms with van der Waals surface area (Å²) in [5.74, 6) is -3.69. The summed E-state index contributed by atoms with van der Waals surface area (Å²) < 4.78 is 26.2. The van der Waals surface area contributed by atoms with Gasteiger partial charge in [-0.3, -0.25) is 9.59 Å². The predicted molar refractivity (Wildman–Crippen MR) is 64.5 cm³/mol. The van der Waals surface area contributed by atoms with E-state index in [1.165, 1.54) is 26.0 Å². The van der Waals surface area contributed by atoms with E-state index < -0.39 is 28.9 Å². The molecule has 1 amide bonds. The molecule has 0 radical (unpaired) electrons. The summed E-state index contributed by atoms with van der Waals surface area (Å²) in [5, 5.41) is 11.3. The molecule has 0 atom stereocenters. The summed E-state index contributed by atoms with van der Waals surface area (Å²) >= 11 is 0. The molecule has 1 aromatic carbocycles. The maximum atomic E-state index is 13.3. The maximum absolute atomic E-state index is 13.3. The minimum atomic E-state index is -1.11. The molecule has 1 aromatic rings. The van der Waals surface area contributed by atoms with Crippen molar-refractivity contribution in [3.8, 4) is 0 Å². The molecule has 0 aliphatic heterocycles. The fourth-order valence-corrected chi connectivity index (χ4v) is 1.32. The van der Waals surface area contributed by atoms with Gasteiger partial charge in [0, 0.05) is 12.1 Å². The highest BCUT2D eigenvalue weighted by molar-refractivity contribution is 5.80. The fourth-order valence-electron chi connectivity index (χ4n) is 1.32. The van der Waals surface area contributed by atoms with Crippen molar-refractivity contribution in [2.24, 2.45) is 5.41 Å². The molecule has 0 saturated heterocycles. The van der Waals surface area contributed by atoms with E-state index in [-0.39, 0.29) is 18.5 Å². The van der Waals surface area contributed by atoms with E-state index in [2.05, 4.69) is 5.32 Å². The van der Waals surface area contributed by atoms with Crippen molar-refractivity contribution in [1.29, 1.82) is 0 Å². The highest BCUT2D eigenvalue weighted by atomic mass is 19.2. The lowest BCUT2D eigenvalue weighted by atomic mass is 9.94. The molecule has 0 spiro atoms. The second kappa shape index (κ2) is 5.77. The van der Waals surface area contributed by atoms with Crippen molar-refractivity contribution in [3.05, 3.63) is 35.4 Å². The predicted octanol–water partition coefficient (Wildman–Crippen LogP) is 1.73. The van der Waals surface area contributed by atoms with Crippen LogP contribution in [-0.2, 0) is 16.0 Å². The van der Waals surface area contributed by atoms with Gasteiger partial charge in [-0.2, -0.15) is 0 Å². The van der Waals surface area contributed by atoms with Crippen molar-refractivity contribution in [2.75, 3.05) is 6.54 Å². The van der Waals surface area contributed by atoms with Crippen LogP contribution in [0.2, 0.25) is 0 Å². The average Bonchev–Trinajstić information content (AvgIpc) is 2.32. The normalized spacial score (nSPS) is 11.2. The lowest BCUT2D eigenvalue weighted by Gasteiger charge is -2.19. The summed E-state index contributed by atoms with van der Waals surface area (Å²) in [6, 6.07) is 3.58. The summed E-state index contributed by atoms with van der Waals surface area (Å²) in [6.45, 7) is 2.83. The zero-order valence-electron chi connectivity index (χ0n) is 10.7. The first-order valence-corrected chi connectivity index (χ1v) is 5.67. The number of benzene rings is 1. The van der Waals surface area contributed by atoms with Gasteiger partial charge in [0.2, 0.25) is 5.91 Å². The van der Waals surface area contributed by atoms with Crippen LogP contribution < -0.4 is 5.32 Å². The highest BCUT2D eigenvalue weighted by Crippen LogP contribution is 2.14. The number of amides is 1. The van der Waals surface area contributed by atoms with Crippen molar-refractivity contribution in [3.63, 3.8) is 0 Å². The molecule has 0 bridgehead atoms. The van der Waals surface area contributed by atoms with Gasteiger partial charge < -0.3 is 10.4 Å². The molecule has 2 N–H and O–H groups in total. The first-order chi connectivity index (χ1) is 8.74. The third-order valence-electron chi connectivity index (χ3n) is 2.69. The smallest absolute Gasteiger partial charge is 0.310 e. The summed E-state index contributed by atoms with van der Waals surface area (Å²) in [7, 11) is 0. The van der Waals surface area contributed by atoms with Gasteiger partial charge in [-0.05, 0) is 19.9 Å². The van der Waals surface area contributed by atoms with Crippen molar-refractivity contribution < 1.29 is 23.5 Å². The molecular formula is C13H15F2NO3. The molecule has 19 heavy (non-hydrogen) atoms. The second-order valence-electron chi connectivity index (χ2n) is 4.86. The van der Waals surface area contributed by atoms with Crippen LogP contribution >= 0.6 is 0 Å². The van der Waals surface area contributed by atoms with Crippen molar-refractivity contribution in [1.82, 2.24) is 5.32 Å². The van der Waals surface area contributed by atoms with E-state index in [4.69, 9.17) is 5.11 Å². The molecule has 0 heterocycles. The second-order valence-corrected chi connectivity index (χ2v) is 4.86. The Labute approximate surface area is 109 Å². The summed E-state index contributed by atoms with van der Waals surface area (Å²) in [4.78, 5) is 22.4. The Balaban J connectivity index is 2.62. The maximum Gasteiger partial charge on any atom is 0.310 e. The Kier molecular flexibility index (Phi) is 4.58. The molecule has 0 unspecified atom stereocenters. The molecule has 1 rings (SSSR count). The number of hydrogen-bond acceptors (Lipinski definition) is 2. The van der Waals surface area contributed by atoms with Gasteiger partial charge in [-0.25, -0.2) is 8.78 Å². The zero-order valence-corrected chi connectivity index (χ0v) is 10.7. The number of aliphatic carboxylic acids is 1. The van der Waals surface area contributed by atoms with Crippen LogP contribution in [0.4, 0.5) is 8.78 Å². The van der Waals surface area contributed by atoms with Gasteiger partial charge in [0.15, 0.2) is 11.6 Å². The number of carboxylic acid groups (broad SMARTS) is 1. The molecule has 4 nitrogen and oxygen atoms in total. The van der Waals surface area contributed by atoms with Gasteiger partial charge in [0.25, 0.3) is 0 Å². The SMILES string of the molecule is CC(C)(CNC(=O)Cc1cccc(F)c1F)C(=O)O. The van der Waals surface area contributed by atoms with Crippen LogP contribution in [0.3, 0.4) is 0 Å². The quantitative estimate of drug-likeness (QED) is 0.857. The minimum absolute atomic E-state index is 0.0642. The molecule has 0 saturated carbocycles. The van der Waals surface area contributed by atoms with Gasteiger partial charge in [0.05, 0.1) is 11.8 Å². The topological polar surface area (TPSA) is 66.4 Å². The van der Waals surface area contributed by atoms with E-state index >= 15 is 0 Å². The molecular weight excluding hydrogens is 256 g/mol. The summed E-state index contributed by atoms with van der Waals surface area (Å²) in [6.07, 6.45) is -0.334. The standard InChI is InChI=1S/C13H15F2NO3/c1-13(2,12(18)19)7-16-10(17)6-8-4-3-5-9(14)11(8)15/h3-5H,6-7H2,1-2H3,(H,16,17)(H,18,19). The average molecular weight is 271 g/mol. The largest absolute Gasteiger partial charge is 0.481 e. The number of carbonyl (C=O) groups excluding carboxylic acids is 1. The van der Waals surface area contributed by atoms with Crippen LogP contribution in [-0.4, -0.2) is 23.5 Å². The Hall–Kier alpha value is -1.98. The van der Waals surface area contributed by atoms with Crippen LogP contribution in [0.15, 0.2) is 18.2 Å². The Morgan fingerprint density at radius 3 is 2.53 bits per heavy atom. The van der Waals surface area contributed by atoms with Crippen LogP contribution in [0, 0.1) is 17.0 Å². The van der Waals surface area contributed by atoms with Gasteiger partial charge >= 0.3 is 5.97 Å². The van der Waals surface area contributed by atoms with E-state index in [0.717, 1.165) is 6.07 Å². The lowest BCUT2D eigenvalue weighted by molar-refractivity contribution is -0.146. The van der Waals surface area contributed by atoms with Crippen LogP contribution in [0.5, 0.6) is 0 Å². The van der Waals surface area contributed by atoms with Gasteiger partial charge in [-0.15, -0.1) is 0 Å². The third kappa shape index (κ3) is 4.01. The number of rotatable bonds is 5. The van der Waals surface area contributed by atoms with E-state index in [9.17, 15) is 18.4 Å². The first kappa shape index (κ1) is 15.1. The monoisotopic (exact) mass is 271 g/mol. The zero-order chi connectivity index (χ0) is 14.6. The molecule has 0 aromatic heterocycles. The number of carbonyl (C=O) groups is 2. The third-order valence-corrected chi connectivity index (χ3v) is 2.69. The van der Waals surface area contributed by atoms with Gasteiger partial charge in [0.1, 0.15) is 0 Å². The van der Waals surface area contributed by atoms with Crippen LogP contribution in [0.1, 0.15) is 19.4 Å². The molecule has 0 aliphatic carbocycles. The molecule has 6 heteroatoms. The first-order valence-electron chi connectivity index (χ1n) is 5.67. The number of halogens is 2. The Bertz CT molecular complexity index is 501. The fraction of sp³-hybridized carbons (Fsp3) is 0.385. The van der Waals surface area contributed by atoms with E-state index in [1.807, 2.05) is 0 Å². The Morgan fingerprint density at radius 1 is 1.32 bits per heavy atom. The number of hydrogen-bond donors (Lipinski definition) is 2. The Morgan fingerprint density at radius 2 is 1.95 bits per heavy atom.